The number of fused-ring (bicyclic) bond motifs is 1. The summed E-state index contributed by atoms with van der Waals surface area (Å²) in [5.41, 5.74) is 1.15. The highest BCUT2D eigenvalue weighted by Crippen LogP contribution is 2.41. The second-order valence-corrected chi connectivity index (χ2v) is 10.7. The fourth-order valence-corrected chi connectivity index (χ4v) is 4.93. The quantitative estimate of drug-likeness (QED) is 0.214. The van der Waals surface area contributed by atoms with Crippen LogP contribution in [0.5, 0.6) is 0 Å². The predicted molar refractivity (Wildman–Crippen MR) is 136 cm³/mol. The van der Waals surface area contributed by atoms with Crippen molar-refractivity contribution in [2.45, 2.75) is 88.6 Å². The third-order valence-electron chi connectivity index (χ3n) is 7.30. The Kier molecular flexibility index (Phi) is 9.35. The van der Waals surface area contributed by atoms with Gasteiger partial charge >= 0.3 is 12.4 Å². The van der Waals surface area contributed by atoms with Crippen molar-refractivity contribution in [2.75, 3.05) is 0 Å². The Hall–Kier alpha value is -3.72. The zero-order valence-electron chi connectivity index (χ0n) is 22.8. The number of halogens is 8. The highest BCUT2D eigenvalue weighted by Gasteiger charge is 2.40. The van der Waals surface area contributed by atoms with Gasteiger partial charge < -0.3 is 20.1 Å². The lowest BCUT2D eigenvalue weighted by molar-refractivity contribution is -0.144. The summed E-state index contributed by atoms with van der Waals surface area (Å²) in [4.78, 5) is 32.6. The standard InChI is InChI=1S/C27H29F8N5O3/c1-14(36-21(41)7-11-27(33,34)35)16-2-3-18-19(12-16)38-23(37-18)22(15-4-8-25(28,29)9-5-15)39-24(42)20-13-17(43-40-20)6-10-26(30,31)32/h2-3,12-15,22H,4-11H2,1H3,(H,36,41)(H,37,38)(H,39,42)/t14-,22+/m1/s1. The van der Waals surface area contributed by atoms with Gasteiger partial charge in [0.2, 0.25) is 11.8 Å². The lowest BCUT2D eigenvalue weighted by Gasteiger charge is -2.33. The Labute approximate surface area is 240 Å². The Bertz CT molecular complexity index is 1420. The third-order valence-corrected chi connectivity index (χ3v) is 7.30. The molecule has 43 heavy (non-hydrogen) atoms. The maximum Gasteiger partial charge on any atom is 0.389 e. The molecule has 1 aromatic carbocycles. The van der Waals surface area contributed by atoms with E-state index in [1.165, 1.54) is 0 Å². The minimum atomic E-state index is -4.46. The summed E-state index contributed by atoms with van der Waals surface area (Å²) in [5, 5.41) is 8.77. The number of alkyl halides is 8. The summed E-state index contributed by atoms with van der Waals surface area (Å²) in [6.45, 7) is 1.59. The molecule has 0 spiro atoms. The van der Waals surface area contributed by atoms with Crippen molar-refractivity contribution in [3.05, 3.63) is 47.1 Å². The molecular formula is C27H29F8N5O3. The number of carbonyl (C=O) groups excluding carboxylic acids is 2. The average Bonchev–Trinajstić information content (AvgIpc) is 3.55. The van der Waals surface area contributed by atoms with Crippen molar-refractivity contribution >= 4 is 22.8 Å². The summed E-state index contributed by atoms with van der Waals surface area (Å²) in [5.74, 6) is -4.80. The van der Waals surface area contributed by atoms with Crippen LogP contribution in [0.25, 0.3) is 11.0 Å². The average molecular weight is 624 g/mol. The number of hydrogen-bond donors (Lipinski definition) is 3. The van der Waals surface area contributed by atoms with E-state index in [1.807, 2.05) is 0 Å². The SMILES string of the molecule is C[C@@H](NC(=O)CCC(F)(F)F)c1ccc2[nH]c([C@@H](NC(=O)c3cc(CCC(F)(F)F)on3)C3CCC(F)(F)CC3)nc2c1. The van der Waals surface area contributed by atoms with E-state index >= 15 is 0 Å². The molecule has 2 heterocycles. The van der Waals surface area contributed by atoms with Crippen LogP contribution in [0, 0.1) is 5.92 Å². The van der Waals surface area contributed by atoms with Gasteiger partial charge in [0.1, 0.15) is 11.6 Å². The van der Waals surface area contributed by atoms with Crippen molar-refractivity contribution in [2.24, 2.45) is 5.92 Å². The maximum absolute atomic E-state index is 13.9. The summed E-state index contributed by atoms with van der Waals surface area (Å²) >= 11 is 0. The molecule has 0 radical (unpaired) electrons. The number of carbonyl (C=O) groups is 2. The third kappa shape index (κ3) is 9.13. The number of rotatable bonds is 10. The van der Waals surface area contributed by atoms with Gasteiger partial charge in [0.05, 0.1) is 36.0 Å². The molecule has 236 valence electrons. The van der Waals surface area contributed by atoms with Crippen LogP contribution in [0.15, 0.2) is 28.8 Å². The van der Waals surface area contributed by atoms with Gasteiger partial charge in [-0.1, -0.05) is 11.2 Å². The number of nitrogens with one attached hydrogen (secondary N) is 3. The number of amides is 2. The number of nitrogens with zero attached hydrogens (tertiary/aromatic N) is 2. The first-order valence-electron chi connectivity index (χ1n) is 13.5. The van der Waals surface area contributed by atoms with Crippen molar-refractivity contribution in [1.82, 2.24) is 25.8 Å². The molecule has 8 nitrogen and oxygen atoms in total. The van der Waals surface area contributed by atoms with Crippen molar-refractivity contribution in [3.8, 4) is 0 Å². The van der Waals surface area contributed by atoms with E-state index in [9.17, 15) is 44.7 Å². The minimum Gasteiger partial charge on any atom is -0.361 e. The zero-order chi connectivity index (χ0) is 31.6. The molecule has 0 aliphatic heterocycles. The van der Waals surface area contributed by atoms with Gasteiger partial charge in [0.25, 0.3) is 5.91 Å². The molecule has 2 amide bonds. The number of aromatic amines is 1. The largest absolute Gasteiger partial charge is 0.389 e. The van der Waals surface area contributed by atoms with Gasteiger partial charge in [-0.3, -0.25) is 9.59 Å². The molecule has 1 aliphatic rings. The summed E-state index contributed by atoms with van der Waals surface area (Å²) in [6.07, 6.45) is -13.3. The van der Waals surface area contributed by atoms with E-state index < -0.39 is 86.6 Å². The van der Waals surface area contributed by atoms with Gasteiger partial charge in [0, 0.05) is 31.7 Å². The van der Waals surface area contributed by atoms with Crippen LogP contribution in [0.1, 0.15) is 91.6 Å². The molecule has 2 atom stereocenters. The van der Waals surface area contributed by atoms with E-state index in [0.29, 0.717) is 16.6 Å². The molecule has 3 N–H and O–H groups in total. The molecule has 16 heteroatoms. The van der Waals surface area contributed by atoms with E-state index in [-0.39, 0.29) is 30.1 Å². The summed E-state index contributed by atoms with van der Waals surface area (Å²) < 4.78 is 108. The molecule has 1 fully saturated rings. The van der Waals surface area contributed by atoms with E-state index in [0.717, 1.165) is 6.07 Å². The van der Waals surface area contributed by atoms with E-state index in [2.05, 4.69) is 25.8 Å². The Morgan fingerprint density at radius 3 is 2.37 bits per heavy atom. The number of H-pyrrole nitrogens is 1. The fourth-order valence-electron chi connectivity index (χ4n) is 4.93. The predicted octanol–water partition coefficient (Wildman–Crippen LogP) is 6.86. The maximum atomic E-state index is 13.9. The fraction of sp³-hybridized carbons (Fsp3) is 0.556. The Balaban J connectivity index is 1.53. The summed E-state index contributed by atoms with van der Waals surface area (Å²) in [7, 11) is 0. The topological polar surface area (TPSA) is 113 Å². The number of imidazole rings is 1. The minimum absolute atomic E-state index is 0.0525. The van der Waals surface area contributed by atoms with Gasteiger partial charge in [-0.15, -0.1) is 0 Å². The van der Waals surface area contributed by atoms with Crippen LogP contribution in [0.4, 0.5) is 35.1 Å². The summed E-state index contributed by atoms with van der Waals surface area (Å²) in [6, 6.07) is 4.39. The van der Waals surface area contributed by atoms with Crippen molar-refractivity contribution < 1.29 is 49.2 Å². The number of benzene rings is 1. The van der Waals surface area contributed by atoms with Crippen LogP contribution in [-0.4, -0.2) is 45.2 Å². The van der Waals surface area contributed by atoms with E-state index in [4.69, 9.17) is 4.52 Å². The van der Waals surface area contributed by atoms with Crippen LogP contribution < -0.4 is 10.6 Å². The van der Waals surface area contributed by atoms with Crippen LogP contribution in [0.2, 0.25) is 0 Å². The smallest absolute Gasteiger partial charge is 0.361 e. The highest BCUT2D eigenvalue weighted by molar-refractivity contribution is 5.92. The van der Waals surface area contributed by atoms with Crippen molar-refractivity contribution in [1.29, 1.82) is 0 Å². The van der Waals surface area contributed by atoms with Gasteiger partial charge in [-0.25, -0.2) is 13.8 Å². The Morgan fingerprint density at radius 2 is 1.72 bits per heavy atom. The molecule has 2 aromatic heterocycles. The zero-order valence-corrected chi connectivity index (χ0v) is 22.8. The number of hydrogen-bond acceptors (Lipinski definition) is 5. The van der Waals surface area contributed by atoms with Crippen LogP contribution in [0.3, 0.4) is 0 Å². The number of aromatic nitrogens is 3. The second-order valence-electron chi connectivity index (χ2n) is 10.7. The lowest BCUT2D eigenvalue weighted by atomic mass is 9.81. The molecular weight excluding hydrogens is 594 g/mol. The molecule has 0 saturated heterocycles. The van der Waals surface area contributed by atoms with Gasteiger partial charge in [-0.2, -0.15) is 26.3 Å². The molecule has 4 rings (SSSR count). The molecule has 1 aliphatic carbocycles. The van der Waals surface area contributed by atoms with Gasteiger partial charge in [0.15, 0.2) is 5.69 Å². The van der Waals surface area contributed by atoms with Gasteiger partial charge in [-0.05, 0) is 43.4 Å². The van der Waals surface area contributed by atoms with Crippen molar-refractivity contribution in [3.63, 3.8) is 0 Å². The van der Waals surface area contributed by atoms with Crippen LogP contribution >= 0.6 is 0 Å². The first-order chi connectivity index (χ1) is 20.0. The normalized spacial score (nSPS) is 17.5. The lowest BCUT2D eigenvalue weighted by Crippen LogP contribution is -2.37. The molecule has 1 saturated carbocycles. The van der Waals surface area contributed by atoms with E-state index in [1.54, 1.807) is 25.1 Å². The first kappa shape index (κ1) is 32.2. The van der Waals surface area contributed by atoms with Crippen LogP contribution in [-0.2, 0) is 11.2 Å². The number of aryl methyl sites for hydroxylation is 1. The Morgan fingerprint density at radius 1 is 1.05 bits per heavy atom. The molecule has 0 unspecified atom stereocenters. The second kappa shape index (κ2) is 12.5. The monoisotopic (exact) mass is 623 g/mol. The molecule has 3 aromatic rings. The molecule has 0 bridgehead atoms. The first-order valence-corrected chi connectivity index (χ1v) is 13.5. The highest BCUT2D eigenvalue weighted by atomic mass is 19.4.